The van der Waals surface area contributed by atoms with E-state index in [0.29, 0.717) is 19.0 Å². The number of hydrogen-bond donors (Lipinski definition) is 3. The predicted octanol–water partition coefficient (Wildman–Crippen LogP) is 1.08. The first-order valence-electron chi connectivity index (χ1n) is 10.9. The van der Waals surface area contributed by atoms with Crippen LogP contribution in [-0.2, 0) is 16.1 Å². The fraction of sp³-hybridized carbons (Fsp3) is 0.619. The first-order valence-corrected chi connectivity index (χ1v) is 10.9. The Balaban J connectivity index is 0.00000341. The maximum atomic E-state index is 12.3. The maximum absolute atomic E-state index is 12.3. The molecule has 0 aromatic carbocycles. The maximum Gasteiger partial charge on any atom is 0.241 e. The topological polar surface area (TPSA) is 116 Å². The molecule has 172 valence electrons. The van der Waals surface area contributed by atoms with Gasteiger partial charge < -0.3 is 26.2 Å². The molecule has 0 radical (unpaired) electrons. The number of guanidine groups is 1. The van der Waals surface area contributed by atoms with Crippen LogP contribution < -0.4 is 21.3 Å². The highest BCUT2D eigenvalue weighted by atomic mass is 127. The lowest BCUT2D eigenvalue weighted by molar-refractivity contribution is -0.129. The molecule has 3 rings (SSSR count). The minimum absolute atomic E-state index is 0. The van der Waals surface area contributed by atoms with Crippen molar-refractivity contribution in [2.24, 2.45) is 16.6 Å². The molecule has 0 aliphatic carbocycles. The van der Waals surface area contributed by atoms with Gasteiger partial charge in [0, 0.05) is 50.4 Å². The van der Waals surface area contributed by atoms with Crippen molar-refractivity contribution in [2.45, 2.75) is 39.2 Å². The Morgan fingerprint density at radius 3 is 2.55 bits per heavy atom. The van der Waals surface area contributed by atoms with E-state index in [4.69, 9.17) is 5.73 Å². The number of carbonyl (C=O) groups excluding carboxylic acids is 2. The van der Waals surface area contributed by atoms with Gasteiger partial charge in [-0.05, 0) is 38.7 Å². The number of primary amides is 1. The van der Waals surface area contributed by atoms with Crippen LogP contribution in [0.15, 0.2) is 23.3 Å². The van der Waals surface area contributed by atoms with Gasteiger partial charge in [0.1, 0.15) is 5.82 Å². The number of carbonyl (C=O) groups is 2. The summed E-state index contributed by atoms with van der Waals surface area (Å²) in [5.41, 5.74) is 6.46. The Labute approximate surface area is 201 Å². The number of hydrogen-bond acceptors (Lipinski definition) is 5. The summed E-state index contributed by atoms with van der Waals surface area (Å²) < 4.78 is 0. The lowest BCUT2D eigenvalue weighted by Gasteiger charge is -2.32. The van der Waals surface area contributed by atoms with Crippen molar-refractivity contribution in [1.82, 2.24) is 20.5 Å². The second-order valence-corrected chi connectivity index (χ2v) is 7.79. The molecule has 9 nitrogen and oxygen atoms in total. The second-order valence-electron chi connectivity index (χ2n) is 7.79. The highest BCUT2D eigenvalue weighted by Crippen LogP contribution is 2.24. The molecule has 2 aliphatic heterocycles. The van der Waals surface area contributed by atoms with Gasteiger partial charge in [0.05, 0.1) is 13.1 Å². The molecule has 2 saturated heterocycles. The second kappa shape index (κ2) is 12.7. The number of anilines is 1. The summed E-state index contributed by atoms with van der Waals surface area (Å²) >= 11 is 0. The number of aliphatic imine (C=N–C) groups is 1. The predicted molar refractivity (Wildman–Crippen MR) is 132 cm³/mol. The molecule has 2 amide bonds. The lowest BCUT2D eigenvalue weighted by atomic mass is 9.96. The molecular formula is C21H34IN7O2. The van der Waals surface area contributed by atoms with Gasteiger partial charge in [0.25, 0.3) is 0 Å². The van der Waals surface area contributed by atoms with Crippen molar-refractivity contribution >= 4 is 47.6 Å². The van der Waals surface area contributed by atoms with Crippen LogP contribution in [0.2, 0.25) is 0 Å². The SMILES string of the molecule is CCNC(=NCc1cccnc1N1CCC(C(N)=O)CC1)NCC(=O)N1CCCC1.I. The largest absolute Gasteiger partial charge is 0.369 e. The van der Waals surface area contributed by atoms with E-state index in [1.54, 1.807) is 6.20 Å². The number of likely N-dealkylation sites (tertiary alicyclic amines) is 1. The molecule has 0 saturated carbocycles. The van der Waals surface area contributed by atoms with E-state index in [1.165, 1.54) is 0 Å². The summed E-state index contributed by atoms with van der Waals surface area (Å²) in [6.07, 6.45) is 5.44. The van der Waals surface area contributed by atoms with Crippen LogP contribution in [0, 0.1) is 5.92 Å². The van der Waals surface area contributed by atoms with Gasteiger partial charge in [0.2, 0.25) is 11.8 Å². The van der Waals surface area contributed by atoms with Crippen molar-refractivity contribution in [3.05, 3.63) is 23.9 Å². The minimum atomic E-state index is -0.217. The van der Waals surface area contributed by atoms with Crippen molar-refractivity contribution in [1.29, 1.82) is 0 Å². The Morgan fingerprint density at radius 2 is 1.90 bits per heavy atom. The molecule has 2 fully saturated rings. The molecule has 3 heterocycles. The van der Waals surface area contributed by atoms with Crippen LogP contribution in [0.3, 0.4) is 0 Å². The third-order valence-electron chi connectivity index (χ3n) is 5.68. The number of halogens is 1. The average molecular weight is 543 g/mol. The molecule has 10 heteroatoms. The number of rotatable bonds is 7. The smallest absolute Gasteiger partial charge is 0.241 e. The fourth-order valence-corrected chi connectivity index (χ4v) is 3.96. The Morgan fingerprint density at radius 1 is 1.19 bits per heavy atom. The summed E-state index contributed by atoms with van der Waals surface area (Å²) in [5, 5.41) is 6.35. The number of nitrogens with zero attached hydrogens (tertiary/aromatic N) is 4. The van der Waals surface area contributed by atoms with E-state index in [0.717, 1.165) is 63.2 Å². The Hall–Kier alpha value is -2.11. The highest BCUT2D eigenvalue weighted by molar-refractivity contribution is 14.0. The van der Waals surface area contributed by atoms with Gasteiger partial charge in [-0.2, -0.15) is 0 Å². The van der Waals surface area contributed by atoms with Crippen LogP contribution in [0.25, 0.3) is 0 Å². The van der Waals surface area contributed by atoms with Crippen molar-refractivity contribution < 1.29 is 9.59 Å². The molecule has 1 aromatic rings. The Bertz CT molecular complexity index is 760. The van der Waals surface area contributed by atoms with Crippen molar-refractivity contribution in [2.75, 3.05) is 44.2 Å². The summed E-state index contributed by atoms with van der Waals surface area (Å²) in [7, 11) is 0. The van der Waals surface area contributed by atoms with Crippen LogP contribution in [0.5, 0.6) is 0 Å². The summed E-state index contributed by atoms with van der Waals surface area (Å²) in [4.78, 5) is 37.0. The number of piperidine rings is 1. The first kappa shape index (κ1) is 25.2. The zero-order valence-electron chi connectivity index (χ0n) is 18.2. The number of nitrogens with two attached hydrogens (primary N) is 1. The number of nitrogens with one attached hydrogen (secondary N) is 2. The zero-order chi connectivity index (χ0) is 21.3. The molecule has 1 aromatic heterocycles. The van der Waals surface area contributed by atoms with Gasteiger partial charge in [-0.3, -0.25) is 9.59 Å². The summed E-state index contributed by atoms with van der Waals surface area (Å²) in [6.45, 7) is 6.61. The first-order chi connectivity index (χ1) is 14.6. The standard InChI is InChI=1S/C21H33N7O2.HI/c1-2-23-21(26-15-18(29)27-10-3-4-11-27)25-14-17-6-5-9-24-20(17)28-12-7-16(8-13-28)19(22)30;/h5-6,9,16H,2-4,7-8,10-15H2,1H3,(H2,22,30)(H2,23,25,26);1H. The van der Waals surface area contributed by atoms with Crippen molar-refractivity contribution in [3.63, 3.8) is 0 Å². The molecule has 0 bridgehead atoms. The van der Waals surface area contributed by atoms with Gasteiger partial charge in [0.15, 0.2) is 5.96 Å². The van der Waals surface area contributed by atoms with Crippen LogP contribution in [0.1, 0.15) is 38.2 Å². The lowest BCUT2D eigenvalue weighted by Crippen LogP contribution is -2.44. The van der Waals surface area contributed by atoms with Gasteiger partial charge in [-0.1, -0.05) is 6.07 Å². The molecular weight excluding hydrogens is 509 g/mol. The highest BCUT2D eigenvalue weighted by Gasteiger charge is 2.25. The monoisotopic (exact) mass is 543 g/mol. The van der Waals surface area contributed by atoms with Gasteiger partial charge in [-0.15, -0.1) is 24.0 Å². The van der Waals surface area contributed by atoms with E-state index >= 15 is 0 Å². The van der Waals surface area contributed by atoms with Crippen LogP contribution in [-0.4, -0.2) is 66.9 Å². The molecule has 2 aliphatic rings. The van der Waals surface area contributed by atoms with E-state index < -0.39 is 0 Å². The number of pyridine rings is 1. The van der Waals surface area contributed by atoms with Gasteiger partial charge >= 0.3 is 0 Å². The van der Waals surface area contributed by atoms with Crippen LogP contribution in [0.4, 0.5) is 5.82 Å². The van der Waals surface area contributed by atoms with Crippen LogP contribution >= 0.6 is 24.0 Å². The number of amides is 2. The molecule has 0 spiro atoms. The van der Waals surface area contributed by atoms with Crippen molar-refractivity contribution in [3.8, 4) is 0 Å². The van der Waals surface area contributed by atoms with E-state index in [-0.39, 0.29) is 48.3 Å². The third-order valence-corrected chi connectivity index (χ3v) is 5.68. The molecule has 0 unspecified atom stereocenters. The minimum Gasteiger partial charge on any atom is -0.369 e. The average Bonchev–Trinajstić information content (AvgIpc) is 3.31. The summed E-state index contributed by atoms with van der Waals surface area (Å²) in [6, 6.07) is 3.92. The Kier molecular flexibility index (Phi) is 10.3. The molecule has 4 N–H and O–H groups in total. The fourth-order valence-electron chi connectivity index (χ4n) is 3.96. The third kappa shape index (κ3) is 7.22. The molecule has 31 heavy (non-hydrogen) atoms. The summed E-state index contributed by atoms with van der Waals surface area (Å²) in [5.74, 6) is 1.35. The molecule has 0 atom stereocenters. The quantitative estimate of drug-likeness (QED) is 0.269. The number of aromatic nitrogens is 1. The van der Waals surface area contributed by atoms with E-state index in [1.807, 2.05) is 24.0 Å². The van der Waals surface area contributed by atoms with Gasteiger partial charge in [-0.25, -0.2) is 9.98 Å². The van der Waals surface area contributed by atoms with E-state index in [2.05, 4.69) is 25.5 Å². The normalized spacial score (nSPS) is 17.3. The zero-order valence-corrected chi connectivity index (χ0v) is 20.5. The van der Waals surface area contributed by atoms with E-state index in [9.17, 15) is 9.59 Å².